The summed E-state index contributed by atoms with van der Waals surface area (Å²) in [6, 6.07) is 9.77. The Morgan fingerprint density at radius 2 is 1.90 bits per heavy atom. The standard InChI is InChI=1S/C35H42FN3O3/c1-4-27(29(20-37)22-38-30-10-8-25(9-11-30)18-35(40)41)21-39-34-7-5-6-31(24(34)3)28-16-23(2)32(33(36)19-28)17-26-12-14-42-15-13-26/h5-7,16,19-22,25-26,30,37-38H,1,8-15,17-18H2,2-3H3,(H,40,41)/b29-22+,37-20?,39-21-. The molecule has 2 aromatic carbocycles. The van der Waals surface area contributed by atoms with Gasteiger partial charge in [-0.05, 0) is 111 Å². The minimum absolute atomic E-state index is 0.162. The fourth-order valence-corrected chi connectivity index (χ4v) is 6.04. The summed E-state index contributed by atoms with van der Waals surface area (Å²) in [5.74, 6) is -0.208. The number of ether oxygens (including phenoxy) is 1. The van der Waals surface area contributed by atoms with Gasteiger partial charge in [0.05, 0.1) is 5.69 Å². The molecule has 0 atom stereocenters. The van der Waals surface area contributed by atoms with Crippen molar-refractivity contribution < 1.29 is 19.0 Å². The molecule has 0 unspecified atom stereocenters. The molecular weight excluding hydrogens is 529 g/mol. The number of aliphatic imine (C=N–C) groups is 1. The van der Waals surface area contributed by atoms with Crippen LogP contribution in [0.3, 0.4) is 0 Å². The average Bonchev–Trinajstić information content (AvgIpc) is 2.98. The fraction of sp³-hybridized carbons (Fsp3) is 0.429. The van der Waals surface area contributed by atoms with Gasteiger partial charge in [-0.15, -0.1) is 5.73 Å². The summed E-state index contributed by atoms with van der Waals surface area (Å²) in [5, 5.41) is 20.4. The van der Waals surface area contributed by atoms with Crippen LogP contribution in [0.25, 0.3) is 11.1 Å². The second kappa shape index (κ2) is 14.9. The number of rotatable bonds is 11. The SMILES string of the molecule is C=C=C(/C=N\c1cccc(-c2cc(C)c(CC3CCOCC3)c(F)c2)c1C)/C(C=N)=C/NC1CCC(CC(=O)O)CC1. The van der Waals surface area contributed by atoms with E-state index < -0.39 is 5.97 Å². The first-order valence-corrected chi connectivity index (χ1v) is 14.9. The number of benzene rings is 2. The van der Waals surface area contributed by atoms with Crippen molar-refractivity contribution in [2.24, 2.45) is 16.8 Å². The predicted octanol–water partition coefficient (Wildman–Crippen LogP) is 7.65. The van der Waals surface area contributed by atoms with E-state index in [1.54, 1.807) is 18.5 Å². The van der Waals surface area contributed by atoms with Crippen LogP contribution in [0.5, 0.6) is 0 Å². The van der Waals surface area contributed by atoms with Crippen molar-refractivity contribution >= 4 is 24.1 Å². The molecule has 42 heavy (non-hydrogen) atoms. The normalized spacial score (nSPS) is 19.8. The van der Waals surface area contributed by atoms with Gasteiger partial charge < -0.3 is 20.6 Å². The van der Waals surface area contributed by atoms with Gasteiger partial charge in [-0.1, -0.05) is 24.8 Å². The number of carboxylic acids is 1. The monoisotopic (exact) mass is 571 g/mol. The van der Waals surface area contributed by atoms with E-state index in [9.17, 15) is 4.79 Å². The third-order valence-corrected chi connectivity index (χ3v) is 8.64. The van der Waals surface area contributed by atoms with E-state index in [1.807, 2.05) is 32.0 Å². The average molecular weight is 572 g/mol. The zero-order valence-electron chi connectivity index (χ0n) is 24.7. The van der Waals surface area contributed by atoms with Crippen molar-refractivity contribution in [2.75, 3.05) is 13.2 Å². The summed E-state index contributed by atoms with van der Waals surface area (Å²) in [5.41, 5.74) is 9.29. The van der Waals surface area contributed by atoms with Gasteiger partial charge in [0, 0.05) is 55.5 Å². The Hall–Kier alpha value is -3.80. The second-order valence-electron chi connectivity index (χ2n) is 11.5. The Morgan fingerprint density at radius 1 is 1.17 bits per heavy atom. The fourth-order valence-electron chi connectivity index (χ4n) is 6.04. The quantitative estimate of drug-likeness (QED) is 0.147. The second-order valence-corrected chi connectivity index (χ2v) is 11.5. The van der Waals surface area contributed by atoms with Crippen molar-refractivity contribution in [3.8, 4) is 11.1 Å². The van der Waals surface area contributed by atoms with Gasteiger partial charge >= 0.3 is 5.97 Å². The number of carbonyl (C=O) groups is 1. The number of aliphatic carboxylic acids is 1. The molecule has 2 fully saturated rings. The van der Waals surface area contributed by atoms with Crippen molar-refractivity contribution in [2.45, 2.75) is 71.3 Å². The maximum absolute atomic E-state index is 15.4. The Kier molecular flexibility index (Phi) is 11.0. The lowest BCUT2D eigenvalue weighted by Crippen LogP contribution is -2.30. The van der Waals surface area contributed by atoms with Crippen LogP contribution in [0, 0.1) is 36.9 Å². The van der Waals surface area contributed by atoms with Gasteiger partial charge in [-0.25, -0.2) is 4.39 Å². The van der Waals surface area contributed by atoms with E-state index in [2.05, 4.69) is 23.7 Å². The van der Waals surface area contributed by atoms with Crippen LogP contribution in [0.1, 0.15) is 61.6 Å². The first kappa shape index (κ1) is 31.1. The number of hydrogen-bond acceptors (Lipinski definition) is 5. The molecular formula is C35H42FN3O3. The summed E-state index contributed by atoms with van der Waals surface area (Å²) in [7, 11) is 0. The van der Waals surface area contributed by atoms with Crippen LogP contribution >= 0.6 is 0 Å². The summed E-state index contributed by atoms with van der Waals surface area (Å²) in [6.45, 7) is 9.28. The van der Waals surface area contributed by atoms with Gasteiger partial charge in [0.15, 0.2) is 0 Å². The molecule has 0 bridgehead atoms. The highest BCUT2D eigenvalue weighted by atomic mass is 19.1. The summed E-state index contributed by atoms with van der Waals surface area (Å²) in [4.78, 5) is 15.7. The first-order valence-electron chi connectivity index (χ1n) is 14.9. The zero-order valence-corrected chi connectivity index (χ0v) is 24.7. The third kappa shape index (κ3) is 8.15. The molecule has 0 radical (unpaired) electrons. The molecule has 1 saturated heterocycles. The van der Waals surface area contributed by atoms with Crippen LogP contribution in [0.4, 0.5) is 10.1 Å². The Morgan fingerprint density at radius 3 is 2.55 bits per heavy atom. The highest BCUT2D eigenvalue weighted by Gasteiger charge is 2.22. The lowest BCUT2D eigenvalue weighted by Gasteiger charge is -2.28. The van der Waals surface area contributed by atoms with Gasteiger partial charge in [0.2, 0.25) is 0 Å². The number of allylic oxidation sites excluding steroid dienone is 2. The smallest absolute Gasteiger partial charge is 0.303 e. The van der Waals surface area contributed by atoms with E-state index in [-0.39, 0.29) is 24.2 Å². The minimum atomic E-state index is -0.737. The summed E-state index contributed by atoms with van der Waals surface area (Å²) in [6.07, 6.45) is 11.2. The Labute approximate surface area is 248 Å². The molecule has 3 N–H and O–H groups in total. The number of aryl methyl sites for hydroxylation is 1. The summed E-state index contributed by atoms with van der Waals surface area (Å²) >= 11 is 0. The van der Waals surface area contributed by atoms with Crippen LogP contribution in [-0.2, 0) is 16.0 Å². The van der Waals surface area contributed by atoms with E-state index >= 15 is 4.39 Å². The van der Waals surface area contributed by atoms with Crippen LogP contribution < -0.4 is 5.32 Å². The molecule has 0 spiro atoms. The van der Waals surface area contributed by atoms with Crippen LogP contribution in [0.2, 0.25) is 0 Å². The number of nitrogens with zero attached hydrogens (tertiary/aromatic N) is 1. The number of nitrogens with one attached hydrogen (secondary N) is 2. The molecule has 7 heteroatoms. The minimum Gasteiger partial charge on any atom is -0.481 e. The van der Waals surface area contributed by atoms with Crippen molar-refractivity contribution in [1.82, 2.24) is 5.32 Å². The molecule has 0 amide bonds. The maximum Gasteiger partial charge on any atom is 0.303 e. The lowest BCUT2D eigenvalue weighted by molar-refractivity contribution is -0.138. The number of halogens is 1. The third-order valence-electron chi connectivity index (χ3n) is 8.64. The number of hydrogen-bond donors (Lipinski definition) is 3. The van der Waals surface area contributed by atoms with Gasteiger partial charge in [-0.2, -0.15) is 0 Å². The maximum atomic E-state index is 15.4. The molecule has 0 aromatic heterocycles. The van der Waals surface area contributed by atoms with E-state index in [4.69, 9.17) is 20.2 Å². The zero-order chi connectivity index (χ0) is 30.1. The molecule has 1 aliphatic heterocycles. The highest BCUT2D eigenvalue weighted by molar-refractivity contribution is 5.98. The topological polar surface area (TPSA) is 94.8 Å². The van der Waals surface area contributed by atoms with E-state index in [0.717, 1.165) is 91.7 Å². The number of carboxylic acid groups (broad SMARTS) is 1. The molecule has 2 aromatic rings. The van der Waals surface area contributed by atoms with Gasteiger partial charge in [0.25, 0.3) is 0 Å². The van der Waals surface area contributed by atoms with Gasteiger partial charge in [-0.3, -0.25) is 9.79 Å². The lowest BCUT2D eigenvalue weighted by atomic mass is 9.84. The molecule has 222 valence electrons. The summed E-state index contributed by atoms with van der Waals surface area (Å²) < 4.78 is 20.8. The molecule has 1 saturated carbocycles. The predicted molar refractivity (Wildman–Crippen MR) is 167 cm³/mol. The van der Waals surface area contributed by atoms with Crippen molar-refractivity contribution in [1.29, 1.82) is 5.41 Å². The van der Waals surface area contributed by atoms with E-state index in [0.29, 0.717) is 17.1 Å². The van der Waals surface area contributed by atoms with Gasteiger partial charge in [0.1, 0.15) is 5.82 Å². The highest BCUT2D eigenvalue weighted by Crippen LogP contribution is 2.34. The first-order chi connectivity index (χ1) is 20.3. The van der Waals surface area contributed by atoms with Crippen LogP contribution in [0.15, 0.2) is 65.0 Å². The molecule has 6 nitrogen and oxygen atoms in total. The molecule has 4 rings (SSSR count). The Bertz CT molecular complexity index is 1370. The molecule has 1 heterocycles. The van der Waals surface area contributed by atoms with Crippen molar-refractivity contribution in [3.05, 3.63) is 82.5 Å². The molecule has 2 aliphatic rings. The van der Waals surface area contributed by atoms with Crippen molar-refractivity contribution in [3.63, 3.8) is 0 Å². The largest absolute Gasteiger partial charge is 0.481 e. The van der Waals surface area contributed by atoms with Crippen LogP contribution in [-0.4, -0.2) is 42.8 Å². The molecule has 1 aliphatic carbocycles. The van der Waals surface area contributed by atoms with E-state index in [1.165, 1.54) is 6.21 Å². The Balaban J connectivity index is 1.46.